The van der Waals surface area contributed by atoms with Gasteiger partial charge >= 0.3 is 0 Å². The molecule has 0 saturated carbocycles. The molecule has 120 valence electrons. The average molecular weight is 332 g/mol. The minimum absolute atomic E-state index is 0.0252. The summed E-state index contributed by atoms with van der Waals surface area (Å²) in [6, 6.07) is 9.77. The number of carbonyl (C=O) groups is 2. The van der Waals surface area contributed by atoms with Crippen molar-refractivity contribution in [2.45, 2.75) is 6.42 Å². The van der Waals surface area contributed by atoms with Gasteiger partial charge in [-0.3, -0.25) is 9.59 Å². The number of thiophene rings is 1. The third kappa shape index (κ3) is 3.76. The molecule has 3 rings (SSSR count). The van der Waals surface area contributed by atoms with Crippen LogP contribution in [0.5, 0.6) is 0 Å². The van der Waals surface area contributed by atoms with E-state index in [4.69, 9.17) is 0 Å². The smallest absolute Gasteiger partial charge is 0.264 e. The second-order valence-corrected chi connectivity index (χ2v) is 6.40. The second kappa shape index (κ2) is 6.91. The largest absolute Gasteiger partial charge is 0.339 e. The summed E-state index contributed by atoms with van der Waals surface area (Å²) in [5.41, 5.74) is 0.673. The van der Waals surface area contributed by atoms with Crippen LogP contribution in [-0.4, -0.2) is 47.8 Å². The van der Waals surface area contributed by atoms with E-state index in [0.29, 0.717) is 31.7 Å². The fourth-order valence-electron chi connectivity index (χ4n) is 2.65. The molecule has 1 aliphatic rings. The van der Waals surface area contributed by atoms with Crippen LogP contribution in [0.2, 0.25) is 0 Å². The van der Waals surface area contributed by atoms with E-state index in [1.807, 2.05) is 17.5 Å². The molecule has 0 N–H and O–H groups in total. The molecule has 0 spiro atoms. The number of amides is 2. The van der Waals surface area contributed by atoms with E-state index >= 15 is 0 Å². The van der Waals surface area contributed by atoms with E-state index in [9.17, 15) is 14.0 Å². The Kier molecular flexibility index (Phi) is 4.71. The fourth-order valence-corrected chi connectivity index (χ4v) is 3.34. The SMILES string of the molecule is O=C(Cc1cccc(F)c1)N1CCN(C(=O)c2cccs2)CC1. The molecule has 4 nitrogen and oxygen atoms in total. The van der Waals surface area contributed by atoms with Gasteiger partial charge in [0.25, 0.3) is 5.91 Å². The van der Waals surface area contributed by atoms with Crippen LogP contribution in [0.3, 0.4) is 0 Å². The van der Waals surface area contributed by atoms with Gasteiger partial charge in [-0.25, -0.2) is 4.39 Å². The predicted octanol–water partition coefficient (Wildman–Crippen LogP) is 2.41. The first-order valence-corrected chi connectivity index (χ1v) is 8.36. The zero-order chi connectivity index (χ0) is 16.2. The Morgan fingerprint density at radius 3 is 2.43 bits per heavy atom. The van der Waals surface area contributed by atoms with Crippen molar-refractivity contribution in [3.63, 3.8) is 0 Å². The molecule has 23 heavy (non-hydrogen) atoms. The van der Waals surface area contributed by atoms with Crippen molar-refractivity contribution in [2.24, 2.45) is 0 Å². The summed E-state index contributed by atoms with van der Waals surface area (Å²) >= 11 is 1.43. The first kappa shape index (κ1) is 15.7. The number of halogens is 1. The Labute approximate surface area is 138 Å². The highest BCUT2D eigenvalue weighted by molar-refractivity contribution is 7.12. The van der Waals surface area contributed by atoms with Gasteiger partial charge in [0.05, 0.1) is 11.3 Å². The minimum Gasteiger partial charge on any atom is -0.339 e. The zero-order valence-corrected chi connectivity index (χ0v) is 13.4. The first-order chi connectivity index (χ1) is 11.1. The summed E-state index contributed by atoms with van der Waals surface area (Å²) in [6.07, 6.45) is 0.191. The number of hydrogen-bond acceptors (Lipinski definition) is 3. The molecule has 0 radical (unpaired) electrons. The summed E-state index contributed by atoms with van der Waals surface area (Å²) in [7, 11) is 0. The highest BCUT2D eigenvalue weighted by Gasteiger charge is 2.25. The molecule has 0 unspecified atom stereocenters. The molecule has 0 bridgehead atoms. The maximum atomic E-state index is 13.2. The lowest BCUT2D eigenvalue weighted by molar-refractivity contribution is -0.131. The summed E-state index contributed by atoms with van der Waals surface area (Å²) < 4.78 is 13.2. The molecule has 0 atom stereocenters. The van der Waals surface area contributed by atoms with Crippen molar-refractivity contribution in [1.82, 2.24) is 9.80 Å². The molecule has 2 heterocycles. The Hall–Kier alpha value is -2.21. The molecule has 1 saturated heterocycles. The molecule has 0 aliphatic carbocycles. The van der Waals surface area contributed by atoms with Crippen LogP contribution in [0.25, 0.3) is 0 Å². The minimum atomic E-state index is -0.332. The van der Waals surface area contributed by atoms with Gasteiger partial charge in [0.1, 0.15) is 5.82 Å². The molecule has 1 aromatic heterocycles. The van der Waals surface area contributed by atoms with Crippen molar-refractivity contribution in [1.29, 1.82) is 0 Å². The number of nitrogens with zero attached hydrogens (tertiary/aromatic N) is 2. The van der Waals surface area contributed by atoms with E-state index in [-0.39, 0.29) is 24.1 Å². The monoisotopic (exact) mass is 332 g/mol. The normalized spacial score (nSPS) is 14.8. The molecule has 2 aromatic rings. The van der Waals surface area contributed by atoms with Crippen molar-refractivity contribution in [3.05, 3.63) is 58.0 Å². The van der Waals surface area contributed by atoms with Gasteiger partial charge in [-0.15, -0.1) is 11.3 Å². The number of benzene rings is 1. The molecule has 1 aromatic carbocycles. The predicted molar refractivity (Wildman–Crippen MR) is 86.9 cm³/mol. The number of carbonyl (C=O) groups excluding carboxylic acids is 2. The van der Waals surface area contributed by atoms with Crippen LogP contribution in [0, 0.1) is 5.82 Å². The highest BCUT2D eigenvalue weighted by Crippen LogP contribution is 2.14. The molecule has 1 fully saturated rings. The van der Waals surface area contributed by atoms with Crippen LogP contribution in [0.15, 0.2) is 41.8 Å². The molecule has 6 heteroatoms. The quantitative estimate of drug-likeness (QED) is 0.866. The summed E-state index contributed by atoms with van der Waals surface area (Å²) in [4.78, 5) is 28.8. The number of piperazine rings is 1. The Balaban J connectivity index is 1.54. The van der Waals surface area contributed by atoms with Gasteiger partial charge in [0, 0.05) is 26.2 Å². The molecular formula is C17H17FN2O2S. The van der Waals surface area contributed by atoms with E-state index in [1.165, 1.54) is 23.5 Å². The average Bonchev–Trinajstić information content (AvgIpc) is 3.09. The standard InChI is InChI=1S/C17H17FN2O2S/c18-14-4-1-3-13(11-14)12-16(21)19-6-8-20(9-7-19)17(22)15-5-2-10-23-15/h1-5,10-11H,6-9,12H2. The lowest BCUT2D eigenvalue weighted by Gasteiger charge is -2.34. The highest BCUT2D eigenvalue weighted by atomic mass is 32.1. The van der Waals surface area contributed by atoms with Crippen LogP contribution in [0.1, 0.15) is 15.2 Å². The lowest BCUT2D eigenvalue weighted by atomic mass is 10.1. The maximum absolute atomic E-state index is 13.2. The first-order valence-electron chi connectivity index (χ1n) is 7.48. The van der Waals surface area contributed by atoms with E-state index in [2.05, 4.69) is 0 Å². The molecule has 2 amide bonds. The van der Waals surface area contributed by atoms with E-state index < -0.39 is 0 Å². The van der Waals surface area contributed by atoms with Crippen LogP contribution >= 0.6 is 11.3 Å². The number of hydrogen-bond donors (Lipinski definition) is 0. The summed E-state index contributed by atoms with van der Waals surface area (Å²) in [5.74, 6) is -0.335. The van der Waals surface area contributed by atoms with Crippen molar-refractivity contribution in [3.8, 4) is 0 Å². The Morgan fingerprint density at radius 1 is 1.04 bits per heavy atom. The van der Waals surface area contributed by atoms with Gasteiger partial charge < -0.3 is 9.80 Å². The van der Waals surface area contributed by atoms with E-state index in [0.717, 1.165) is 4.88 Å². The zero-order valence-electron chi connectivity index (χ0n) is 12.6. The van der Waals surface area contributed by atoms with Gasteiger partial charge in [-0.05, 0) is 29.1 Å². The van der Waals surface area contributed by atoms with Crippen molar-refractivity contribution >= 4 is 23.2 Å². The van der Waals surface area contributed by atoms with Crippen LogP contribution in [-0.2, 0) is 11.2 Å². The fraction of sp³-hybridized carbons (Fsp3) is 0.294. The van der Waals surface area contributed by atoms with Crippen LogP contribution in [0.4, 0.5) is 4.39 Å². The van der Waals surface area contributed by atoms with Crippen molar-refractivity contribution in [2.75, 3.05) is 26.2 Å². The molecular weight excluding hydrogens is 315 g/mol. The Bertz CT molecular complexity index is 694. The summed E-state index contributed by atoms with van der Waals surface area (Å²) in [5, 5.41) is 1.88. The van der Waals surface area contributed by atoms with Gasteiger partial charge in [-0.1, -0.05) is 18.2 Å². The maximum Gasteiger partial charge on any atom is 0.264 e. The van der Waals surface area contributed by atoms with Crippen molar-refractivity contribution < 1.29 is 14.0 Å². The Morgan fingerprint density at radius 2 is 1.78 bits per heavy atom. The van der Waals surface area contributed by atoms with Crippen LogP contribution < -0.4 is 0 Å². The number of rotatable bonds is 3. The lowest BCUT2D eigenvalue weighted by Crippen LogP contribution is -2.50. The van der Waals surface area contributed by atoms with Gasteiger partial charge in [0.2, 0.25) is 5.91 Å². The van der Waals surface area contributed by atoms with E-state index in [1.54, 1.807) is 21.9 Å². The van der Waals surface area contributed by atoms with Gasteiger partial charge in [-0.2, -0.15) is 0 Å². The summed E-state index contributed by atoms with van der Waals surface area (Å²) in [6.45, 7) is 2.10. The molecule has 1 aliphatic heterocycles. The third-order valence-electron chi connectivity index (χ3n) is 3.90. The second-order valence-electron chi connectivity index (χ2n) is 5.46. The topological polar surface area (TPSA) is 40.6 Å². The third-order valence-corrected chi connectivity index (χ3v) is 4.75. The van der Waals surface area contributed by atoms with Gasteiger partial charge in [0.15, 0.2) is 0 Å².